The number of nitrogens with one attached hydrogen (secondary N) is 2. The van der Waals surface area contributed by atoms with Crippen molar-refractivity contribution >= 4 is 37.5 Å². The maximum absolute atomic E-state index is 12.9. The van der Waals surface area contributed by atoms with Crippen LogP contribution >= 0.6 is 0 Å². The number of H-pyrrole nitrogens is 1. The van der Waals surface area contributed by atoms with Gasteiger partial charge in [-0.05, 0) is 59.3 Å². The standard InChI is InChI=1S/C25H18F3N3O3S/c26-25(27,28)18-6-3-7-19(13-18)31-35(32,33)21-10-11-22-23(14-21)30-24(29-22)15-34-20-9-8-16-4-1-2-5-17(16)12-20/h1-14,31H,15H2,(H,29,30). The monoisotopic (exact) mass is 497 g/mol. The number of hydrogen-bond acceptors (Lipinski definition) is 4. The number of fused-ring (bicyclic) bond motifs is 2. The molecular weight excluding hydrogens is 479 g/mol. The number of halogens is 3. The zero-order chi connectivity index (χ0) is 24.6. The topological polar surface area (TPSA) is 84.1 Å². The SMILES string of the molecule is O=S(=O)(Nc1cccc(C(F)(F)F)c1)c1ccc2nc(COc3ccc4ccccc4c3)[nH]c2c1. The van der Waals surface area contributed by atoms with Crippen molar-refractivity contribution in [3.63, 3.8) is 0 Å². The van der Waals surface area contributed by atoms with Gasteiger partial charge in [0.15, 0.2) is 0 Å². The number of aromatic nitrogens is 2. The van der Waals surface area contributed by atoms with Gasteiger partial charge in [-0.25, -0.2) is 13.4 Å². The number of alkyl halides is 3. The van der Waals surface area contributed by atoms with Crippen LogP contribution in [0.5, 0.6) is 5.75 Å². The molecule has 6 nitrogen and oxygen atoms in total. The highest BCUT2D eigenvalue weighted by atomic mass is 32.2. The zero-order valence-electron chi connectivity index (χ0n) is 18.0. The van der Waals surface area contributed by atoms with Gasteiger partial charge in [0.2, 0.25) is 0 Å². The molecule has 0 aliphatic carbocycles. The van der Waals surface area contributed by atoms with Crippen molar-refractivity contribution in [2.45, 2.75) is 17.7 Å². The highest BCUT2D eigenvalue weighted by Crippen LogP contribution is 2.31. The second-order valence-electron chi connectivity index (χ2n) is 7.84. The number of hydrogen-bond donors (Lipinski definition) is 2. The summed E-state index contributed by atoms with van der Waals surface area (Å²) in [6.45, 7) is 0.136. The van der Waals surface area contributed by atoms with E-state index in [1.54, 1.807) is 0 Å². The molecule has 2 N–H and O–H groups in total. The molecule has 10 heteroatoms. The van der Waals surface area contributed by atoms with Gasteiger partial charge >= 0.3 is 6.18 Å². The maximum Gasteiger partial charge on any atom is 0.416 e. The molecule has 0 radical (unpaired) electrons. The Bertz CT molecular complexity index is 1650. The van der Waals surface area contributed by atoms with Gasteiger partial charge in [-0.1, -0.05) is 36.4 Å². The molecule has 0 spiro atoms. The van der Waals surface area contributed by atoms with Crippen molar-refractivity contribution in [1.82, 2.24) is 9.97 Å². The van der Waals surface area contributed by atoms with E-state index < -0.39 is 21.8 Å². The molecule has 0 saturated carbocycles. The van der Waals surface area contributed by atoms with Crippen molar-refractivity contribution in [2.75, 3.05) is 4.72 Å². The molecule has 0 aliphatic rings. The smallest absolute Gasteiger partial charge is 0.416 e. The van der Waals surface area contributed by atoms with Gasteiger partial charge in [-0.2, -0.15) is 13.2 Å². The lowest BCUT2D eigenvalue weighted by atomic mass is 10.1. The quantitative estimate of drug-likeness (QED) is 0.296. The summed E-state index contributed by atoms with van der Waals surface area (Å²) < 4.78 is 72.4. The van der Waals surface area contributed by atoms with E-state index in [1.165, 1.54) is 24.3 Å². The second-order valence-corrected chi connectivity index (χ2v) is 9.53. The Morgan fingerprint density at radius 2 is 1.69 bits per heavy atom. The molecule has 1 aromatic heterocycles. The van der Waals surface area contributed by atoms with Crippen LogP contribution in [0.3, 0.4) is 0 Å². The summed E-state index contributed by atoms with van der Waals surface area (Å²) in [5.74, 6) is 1.16. The molecule has 0 aliphatic heterocycles. The zero-order valence-corrected chi connectivity index (χ0v) is 18.8. The molecule has 5 aromatic rings. The molecule has 0 amide bonds. The normalized spacial score (nSPS) is 12.2. The first-order valence-corrected chi connectivity index (χ1v) is 12.0. The van der Waals surface area contributed by atoms with E-state index in [0.29, 0.717) is 22.6 Å². The Hall–Kier alpha value is -4.05. The minimum absolute atomic E-state index is 0.118. The summed E-state index contributed by atoms with van der Waals surface area (Å²) in [4.78, 5) is 7.33. The Kier molecular flexibility index (Phi) is 5.60. The molecule has 178 valence electrons. The highest BCUT2D eigenvalue weighted by molar-refractivity contribution is 7.92. The number of anilines is 1. The molecule has 0 bridgehead atoms. The van der Waals surface area contributed by atoms with Crippen molar-refractivity contribution in [3.05, 3.63) is 96.3 Å². The molecule has 0 atom stereocenters. The minimum atomic E-state index is -4.58. The molecule has 0 saturated heterocycles. The van der Waals surface area contributed by atoms with E-state index >= 15 is 0 Å². The first-order valence-electron chi connectivity index (χ1n) is 10.5. The van der Waals surface area contributed by atoms with E-state index in [9.17, 15) is 21.6 Å². The van der Waals surface area contributed by atoms with Gasteiger partial charge < -0.3 is 9.72 Å². The lowest BCUT2D eigenvalue weighted by molar-refractivity contribution is -0.137. The van der Waals surface area contributed by atoms with E-state index in [4.69, 9.17) is 4.74 Å². The molecular formula is C25H18F3N3O3S. The van der Waals surface area contributed by atoms with E-state index in [-0.39, 0.29) is 17.2 Å². The first kappa shape index (κ1) is 22.7. The van der Waals surface area contributed by atoms with Crippen molar-refractivity contribution in [2.24, 2.45) is 0 Å². The summed E-state index contributed by atoms with van der Waals surface area (Å²) in [5, 5.41) is 2.13. The fourth-order valence-corrected chi connectivity index (χ4v) is 4.73. The van der Waals surface area contributed by atoms with Gasteiger partial charge in [0, 0.05) is 5.69 Å². The van der Waals surface area contributed by atoms with Crippen LogP contribution < -0.4 is 9.46 Å². The second kappa shape index (κ2) is 8.62. The molecule has 0 fully saturated rings. The van der Waals surface area contributed by atoms with Crippen molar-refractivity contribution < 1.29 is 26.3 Å². The third kappa shape index (κ3) is 4.92. The summed E-state index contributed by atoms with van der Waals surface area (Å²) in [6, 6.07) is 21.9. The molecule has 4 aromatic carbocycles. The lowest BCUT2D eigenvalue weighted by Gasteiger charge is -2.11. The van der Waals surface area contributed by atoms with Crippen LogP contribution in [0.1, 0.15) is 11.4 Å². The third-order valence-corrected chi connectivity index (χ3v) is 6.73. The Morgan fingerprint density at radius 1 is 0.886 bits per heavy atom. The van der Waals surface area contributed by atoms with Gasteiger partial charge in [-0.15, -0.1) is 0 Å². The molecule has 5 rings (SSSR count). The fourth-order valence-electron chi connectivity index (χ4n) is 3.66. The van der Waals surface area contributed by atoms with Crippen LogP contribution in [0.4, 0.5) is 18.9 Å². The van der Waals surface area contributed by atoms with Crippen molar-refractivity contribution in [1.29, 1.82) is 0 Å². The van der Waals surface area contributed by atoms with Crippen molar-refractivity contribution in [3.8, 4) is 5.75 Å². The predicted molar refractivity (Wildman–Crippen MR) is 127 cm³/mol. The molecule has 35 heavy (non-hydrogen) atoms. The van der Waals surface area contributed by atoms with Crippen LogP contribution in [-0.4, -0.2) is 18.4 Å². The number of nitrogens with zero attached hydrogens (tertiary/aromatic N) is 1. The fraction of sp³-hybridized carbons (Fsp3) is 0.0800. The summed E-state index contributed by atoms with van der Waals surface area (Å²) in [5.41, 5.74) is -0.152. The van der Waals surface area contributed by atoms with Crippen LogP contribution in [0.25, 0.3) is 21.8 Å². The average molecular weight is 497 g/mol. The Balaban J connectivity index is 1.34. The molecule has 0 unspecified atom stereocenters. The van der Waals surface area contributed by atoms with E-state index in [2.05, 4.69) is 14.7 Å². The Morgan fingerprint density at radius 3 is 2.49 bits per heavy atom. The summed E-state index contributed by atoms with van der Waals surface area (Å²) in [6.07, 6.45) is -4.58. The van der Waals surface area contributed by atoms with Crippen LogP contribution in [0.2, 0.25) is 0 Å². The number of sulfonamides is 1. The van der Waals surface area contributed by atoms with E-state index in [0.717, 1.165) is 29.0 Å². The number of ether oxygens (including phenoxy) is 1. The number of imidazole rings is 1. The third-order valence-electron chi connectivity index (χ3n) is 5.35. The number of aromatic amines is 1. The first-order chi connectivity index (χ1) is 16.7. The number of rotatable bonds is 6. The van der Waals surface area contributed by atoms with E-state index in [1.807, 2.05) is 42.5 Å². The minimum Gasteiger partial charge on any atom is -0.486 e. The number of benzene rings is 4. The Labute approximate surface area is 198 Å². The average Bonchev–Trinajstić information content (AvgIpc) is 3.24. The van der Waals surface area contributed by atoms with Crippen LogP contribution in [0, 0.1) is 0 Å². The van der Waals surface area contributed by atoms with Gasteiger partial charge in [0.1, 0.15) is 18.2 Å². The lowest BCUT2D eigenvalue weighted by Crippen LogP contribution is -2.14. The van der Waals surface area contributed by atoms with Crippen LogP contribution in [0.15, 0.2) is 89.8 Å². The van der Waals surface area contributed by atoms with Gasteiger partial charge in [0.25, 0.3) is 10.0 Å². The largest absolute Gasteiger partial charge is 0.486 e. The van der Waals surface area contributed by atoms with Gasteiger partial charge in [-0.3, -0.25) is 4.72 Å². The highest BCUT2D eigenvalue weighted by Gasteiger charge is 2.30. The summed E-state index contributed by atoms with van der Waals surface area (Å²) in [7, 11) is -4.13. The predicted octanol–water partition coefficient (Wildman–Crippen LogP) is 6.11. The maximum atomic E-state index is 12.9. The molecule has 1 heterocycles. The van der Waals surface area contributed by atoms with Gasteiger partial charge in [0.05, 0.1) is 21.5 Å². The summed E-state index contributed by atoms with van der Waals surface area (Å²) >= 11 is 0. The van der Waals surface area contributed by atoms with Crippen LogP contribution in [-0.2, 0) is 22.8 Å².